The highest BCUT2D eigenvalue weighted by Gasteiger charge is 1.87. The van der Waals surface area contributed by atoms with Crippen molar-refractivity contribution < 1.29 is 9.78 Å². The Morgan fingerprint density at radius 1 is 0.750 bits per heavy atom. The van der Waals surface area contributed by atoms with E-state index in [1.54, 1.807) is 12.1 Å². The SMILES string of the molecule is C=COOc1ccccc1.c1ccccc1. The van der Waals surface area contributed by atoms with Gasteiger partial charge in [0.25, 0.3) is 0 Å². The summed E-state index contributed by atoms with van der Waals surface area (Å²) >= 11 is 0. The molecule has 16 heavy (non-hydrogen) atoms. The van der Waals surface area contributed by atoms with Crippen molar-refractivity contribution in [2.24, 2.45) is 0 Å². The fourth-order valence-electron chi connectivity index (χ4n) is 0.951. The summed E-state index contributed by atoms with van der Waals surface area (Å²) in [5, 5.41) is 0. The van der Waals surface area contributed by atoms with Crippen LogP contribution in [0.3, 0.4) is 0 Å². The van der Waals surface area contributed by atoms with Gasteiger partial charge in [-0.3, -0.25) is 9.78 Å². The highest BCUT2D eigenvalue weighted by Crippen LogP contribution is 2.07. The van der Waals surface area contributed by atoms with Crippen molar-refractivity contribution >= 4 is 0 Å². The van der Waals surface area contributed by atoms with Crippen molar-refractivity contribution in [3.05, 3.63) is 79.6 Å². The normalized spacial score (nSPS) is 8.25. The Kier molecular flexibility index (Phi) is 6.01. The lowest BCUT2D eigenvalue weighted by molar-refractivity contribution is -0.148. The summed E-state index contributed by atoms with van der Waals surface area (Å²) in [6, 6.07) is 21.2. The fraction of sp³-hybridized carbons (Fsp3) is 0. The minimum atomic E-state index is 0.669. The van der Waals surface area contributed by atoms with Crippen molar-refractivity contribution in [1.29, 1.82) is 0 Å². The van der Waals surface area contributed by atoms with Crippen LogP contribution >= 0.6 is 0 Å². The van der Waals surface area contributed by atoms with Gasteiger partial charge in [-0.25, -0.2) is 0 Å². The van der Waals surface area contributed by atoms with E-state index in [1.165, 1.54) is 6.26 Å². The minimum absolute atomic E-state index is 0.669. The number of para-hydroxylation sites is 1. The molecular formula is C14H14O2. The van der Waals surface area contributed by atoms with Crippen LogP contribution in [-0.4, -0.2) is 0 Å². The molecule has 0 unspecified atom stereocenters. The van der Waals surface area contributed by atoms with Crippen LogP contribution in [0.4, 0.5) is 0 Å². The molecule has 0 spiro atoms. The first-order chi connectivity index (χ1) is 7.93. The lowest BCUT2D eigenvalue weighted by Crippen LogP contribution is -1.87. The average molecular weight is 214 g/mol. The Bertz CT molecular complexity index is 344. The van der Waals surface area contributed by atoms with Crippen molar-refractivity contribution in [3.8, 4) is 5.75 Å². The third-order valence-electron chi connectivity index (χ3n) is 1.62. The summed E-state index contributed by atoms with van der Waals surface area (Å²) in [5.41, 5.74) is 0. The Hall–Kier alpha value is -2.22. The molecule has 2 aromatic carbocycles. The summed E-state index contributed by atoms with van der Waals surface area (Å²) in [6.07, 6.45) is 1.23. The molecule has 0 fully saturated rings. The van der Waals surface area contributed by atoms with Gasteiger partial charge in [-0.05, 0) is 12.1 Å². The average Bonchev–Trinajstić information content (AvgIpc) is 2.40. The quantitative estimate of drug-likeness (QED) is 0.439. The molecule has 0 amide bonds. The summed E-state index contributed by atoms with van der Waals surface area (Å²) in [6.45, 7) is 3.33. The van der Waals surface area contributed by atoms with E-state index in [4.69, 9.17) is 4.89 Å². The van der Waals surface area contributed by atoms with E-state index in [9.17, 15) is 0 Å². The maximum Gasteiger partial charge on any atom is 0.178 e. The predicted octanol–water partition coefficient (Wildman–Crippen LogP) is 3.83. The second-order valence-corrected chi connectivity index (χ2v) is 2.81. The Morgan fingerprint density at radius 2 is 1.19 bits per heavy atom. The second-order valence-electron chi connectivity index (χ2n) is 2.81. The number of rotatable bonds is 3. The maximum atomic E-state index is 4.74. The lowest BCUT2D eigenvalue weighted by atomic mass is 10.3. The molecule has 0 atom stereocenters. The van der Waals surface area contributed by atoms with E-state index >= 15 is 0 Å². The first kappa shape index (κ1) is 11.9. The molecule has 0 aliphatic heterocycles. The van der Waals surface area contributed by atoms with Gasteiger partial charge in [-0.1, -0.05) is 61.2 Å². The van der Waals surface area contributed by atoms with Gasteiger partial charge in [0.05, 0.1) is 0 Å². The van der Waals surface area contributed by atoms with E-state index in [1.807, 2.05) is 54.6 Å². The van der Waals surface area contributed by atoms with Crippen LogP contribution in [0.25, 0.3) is 0 Å². The van der Waals surface area contributed by atoms with E-state index in [0.29, 0.717) is 5.75 Å². The highest BCUT2D eigenvalue weighted by molar-refractivity contribution is 5.20. The van der Waals surface area contributed by atoms with Crippen LogP contribution in [0.5, 0.6) is 5.75 Å². The molecule has 2 heteroatoms. The third kappa shape index (κ3) is 5.50. The van der Waals surface area contributed by atoms with Gasteiger partial charge in [0.1, 0.15) is 6.26 Å². The third-order valence-corrected chi connectivity index (χ3v) is 1.62. The molecule has 0 saturated heterocycles. The van der Waals surface area contributed by atoms with Crippen LogP contribution < -0.4 is 4.89 Å². The van der Waals surface area contributed by atoms with Crippen molar-refractivity contribution in [2.45, 2.75) is 0 Å². The molecule has 0 bridgehead atoms. The monoisotopic (exact) mass is 214 g/mol. The molecule has 0 aliphatic carbocycles. The lowest BCUT2D eigenvalue weighted by Gasteiger charge is -1.98. The molecule has 0 heterocycles. The first-order valence-electron chi connectivity index (χ1n) is 4.93. The Balaban J connectivity index is 0.000000181. The van der Waals surface area contributed by atoms with Crippen LogP contribution in [-0.2, 0) is 4.89 Å². The van der Waals surface area contributed by atoms with E-state index in [-0.39, 0.29) is 0 Å². The van der Waals surface area contributed by atoms with Crippen molar-refractivity contribution in [1.82, 2.24) is 0 Å². The predicted molar refractivity (Wildman–Crippen MR) is 64.8 cm³/mol. The first-order valence-corrected chi connectivity index (χ1v) is 4.93. The molecule has 0 saturated carbocycles. The smallest absolute Gasteiger partial charge is 0.178 e. The number of hydrogen-bond acceptors (Lipinski definition) is 2. The van der Waals surface area contributed by atoms with E-state index < -0.39 is 0 Å². The topological polar surface area (TPSA) is 18.5 Å². The van der Waals surface area contributed by atoms with Crippen molar-refractivity contribution in [2.75, 3.05) is 0 Å². The molecule has 2 nitrogen and oxygen atoms in total. The van der Waals surface area contributed by atoms with Gasteiger partial charge in [-0.2, -0.15) is 0 Å². The van der Waals surface area contributed by atoms with Gasteiger partial charge in [0, 0.05) is 0 Å². The molecule has 0 aliphatic rings. The minimum Gasteiger partial charge on any atom is -0.299 e. The zero-order valence-electron chi connectivity index (χ0n) is 8.95. The van der Waals surface area contributed by atoms with Gasteiger partial charge < -0.3 is 0 Å². The van der Waals surface area contributed by atoms with Crippen LogP contribution in [0.15, 0.2) is 79.6 Å². The molecule has 0 N–H and O–H groups in total. The molecular weight excluding hydrogens is 200 g/mol. The van der Waals surface area contributed by atoms with Gasteiger partial charge in [-0.15, -0.1) is 0 Å². The fourth-order valence-corrected chi connectivity index (χ4v) is 0.951. The summed E-state index contributed by atoms with van der Waals surface area (Å²) in [5.74, 6) is 0.669. The van der Waals surface area contributed by atoms with E-state index in [2.05, 4.69) is 11.5 Å². The van der Waals surface area contributed by atoms with Gasteiger partial charge in [0.15, 0.2) is 5.75 Å². The maximum absolute atomic E-state index is 4.74. The van der Waals surface area contributed by atoms with Crippen LogP contribution in [0.1, 0.15) is 0 Å². The molecule has 2 rings (SSSR count). The van der Waals surface area contributed by atoms with Crippen LogP contribution in [0.2, 0.25) is 0 Å². The standard InChI is InChI=1S/C8H8O2.C6H6/c1-2-9-10-8-6-4-3-5-7-8;1-2-4-6-5-3-1/h2-7H,1H2;1-6H. The molecule has 2 aromatic rings. The summed E-state index contributed by atoms with van der Waals surface area (Å²) < 4.78 is 0. The van der Waals surface area contributed by atoms with Crippen molar-refractivity contribution in [3.63, 3.8) is 0 Å². The molecule has 82 valence electrons. The summed E-state index contributed by atoms with van der Waals surface area (Å²) in [7, 11) is 0. The molecule has 0 aromatic heterocycles. The summed E-state index contributed by atoms with van der Waals surface area (Å²) in [4.78, 5) is 9.22. The van der Waals surface area contributed by atoms with Gasteiger partial charge in [0.2, 0.25) is 0 Å². The largest absolute Gasteiger partial charge is 0.299 e. The zero-order chi connectivity index (χ0) is 11.5. The number of hydrogen-bond donors (Lipinski definition) is 0. The Morgan fingerprint density at radius 3 is 1.62 bits per heavy atom. The highest BCUT2D eigenvalue weighted by atomic mass is 17.2. The van der Waals surface area contributed by atoms with E-state index in [0.717, 1.165) is 0 Å². The second kappa shape index (κ2) is 8.12. The Labute approximate surface area is 95.7 Å². The van der Waals surface area contributed by atoms with Gasteiger partial charge >= 0.3 is 0 Å². The van der Waals surface area contributed by atoms with Crippen LogP contribution in [0, 0.1) is 0 Å². The number of benzene rings is 2. The zero-order valence-corrected chi connectivity index (χ0v) is 8.95. The molecule has 0 radical (unpaired) electrons.